The second kappa shape index (κ2) is 10.5. The summed E-state index contributed by atoms with van der Waals surface area (Å²) in [7, 11) is -3.42. The second-order valence-electron chi connectivity index (χ2n) is 9.57. The van der Waals surface area contributed by atoms with Gasteiger partial charge in [0.1, 0.15) is 18.0 Å². The Bertz CT molecular complexity index is 1360. The maximum atomic E-state index is 12.8. The Balaban J connectivity index is 1.21. The highest BCUT2D eigenvalue weighted by Crippen LogP contribution is 2.47. The summed E-state index contributed by atoms with van der Waals surface area (Å²) in [6.07, 6.45) is 0.396. The molecule has 3 aromatic carbocycles. The number of sulfonamides is 1. The standard InChI is InChI=1S/C28H30N2O6S/c1-37(33,34)30-21-11-12-25-23(13-21)24-14-22(35-26(17-31)28(24)36-25)15-27(32)29-16-18-7-9-20(10-8-18)19-5-3-2-4-6-19/h2-13,22,24,26,28,30-31H,14-17H2,1H3,(H,29,32)/t22-,24+,26-,28-/m1/s1. The number of fused-ring (bicyclic) bond motifs is 3. The molecule has 5 rings (SSSR count). The van der Waals surface area contributed by atoms with E-state index in [4.69, 9.17) is 9.47 Å². The Morgan fingerprint density at radius 2 is 1.76 bits per heavy atom. The zero-order valence-electron chi connectivity index (χ0n) is 20.5. The van der Waals surface area contributed by atoms with Gasteiger partial charge in [0.15, 0.2) is 0 Å². The molecule has 3 aromatic rings. The Morgan fingerprint density at radius 3 is 2.46 bits per heavy atom. The topological polar surface area (TPSA) is 114 Å². The number of carbonyl (C=O) groups is 1. The van der Waals surface area contributed by atoms with Crippen molar-refractivity contribution in [1.29, 1.82) is 0 Å². The Kier molecular flexibility index (Phi) is 7.19. The molecule has 0 aliphatic carbocycles. The molecule has 194 valence electrons. The zero-order valence-corrected chi connectivity index (χ0v) is 21.3. The molecule has 4 atom stereocenters. The van der Waals surface area contributed by atoms with Gasteiger partial charge in [-0.3, -0.25) is 9.52 Å². The van der Waals surface area contributed by atoms with Crippen LogP contribution in [-0.2, 0) is 26.1 Å². The minimum absolute atomic E-state index is 0.120. The molecule has 0 aromatic heterocycles. The van der Waals surface area contributed by atoms with Crippen molar-refractivity contribution < 1.29 is 27.8 Å². The lowest BCUT2D eigenvalue weighted by atomic mass is 9.84. The van der Waals surface area contributed by atoms with E-state index in [0.717, 1.165) is 28.5 Å². The number of aliphatic hydroxyl groups excluding tert-OH is 1. The van der Waals surface area contributed by atoms with Crippen LogP contribution in [0, 0.1) is 0 Å². The Morgan fingerprint density at radius 1 is 1.03 bits per heavy atom. The van der Waals surface area contributed by atoms with Crippen molar-refractivity contribution in [3.05, 3.63) is 83.9 Å². The maximum absolute atomic E-state index is 12.8. The summed E-state index contributed by atoms with van der Waals surface area (Å²) in [5.74, 6) is 0.379. The highest BCUT2D eigenvalue weighted by molar-refractivity contribution is 7.92. The smallest absolute Gasteiger partial charge is 0.229 e. The third kappa shape index (κ3) is 5.95. The van der Waals surface area contributed by atoms with E-state index in [9.17, 15) is 18.3 Å². The molecule has 8 nitrogen and oxygen atoms in total. The predicted molar refractivity (Wildman–Crippen MR) is 141 cm³/mol. The van der Waals surface area contributed by atoms with Crippen LogP contribution in [0.4, 0.5) is 5.69 Å². The van der Waals surface area contributed by atoms with Crippen molar-refractivity contribution in [2.45, 2.75) is 43.6 Å². The van der Waals surface area contributed by atoms with E-state index >= 15 is 0 Å². The fourth-order valence-corrected chi connectivity index (χ4v) is 5.65. The lowest BCUT2D eigenvalue weighted by Crippen LogP contribution is -2.47. The van der Waals surface area contributed by atoms with Crippen molar-refractivity contribution in [3.8, 4) is 16.9 Å². The van der Waals surface area contributed by atoms with Gasteiger partial charge >= 0.3 is 0 Å². The summed E-state index contributed by atoms with van der Waals surface area (Å²) in [6, 6.07) is 23.3. The highest BCUT2D eigenvalue weighted by atomic mass is 32.2. The molecule has 2 aliphatic heterocycles. The first kappa shape index (κ1) is 25.3. The van der Waals surface area contributed by atoms with Crippen LogP contribution in [0.5, 0.6) is 5.75 Å². The van der Waals surface area contributed by atoms with Crippen molar-refractivity contribution in [2.24, 2.45) is 0 Å². The number of nitrogens with one attached hydrogen (secondary N) is 2. The van der Waals surface area contributed by atoms with Crippen LogP contribution in [0.2, 0.25) is 0 Å². The Labute approximate surface area is 216 Å². The average molecular weight is 523 g/mol. The number of benzene rings is 3. The number of hydrogen-bond acceptors (Lipinski definition) is 6. The van der Waals surface area contributed by atoms with E-state index in [0.29, 0.717) is 24.4 Å². The molecule has 3 N–H and O–H groups in total. The summed E-state index contributed by atoms with van der Waals surface area (Å²) in [4.78, 5) is 12.8. The molecule has 9 heteroatoms. The number of aliphatic hydroxyl groups is 1. The van der Waals surface area contributed by atoms with Crippen LogP contribution in [0.25, 0.3) is 11.1 Å². The van der Waals surface area contributed by atoms with E-state index in [2.05, 4.69) is 22.2 Å². The molecule has 0 unspecified atom stereocenters. The lowest BCUT2D eigenvalue weighted by Gasteiger charge is -2.37. The first-order valence-electron chi connectivity index (χ1n) is 12.2. The molecule has 2 aliphatic rings. The molecule has 37 heavy (non-hydrogen) atoms. The Hall–Kier alpha value is -3.40. The predicted octanol–water partition coefficient (Wildman–Crippen LogP) is 3.43. The minimum atomic E-state index is -3.42. The van der Waals surface area contributed by atoms with Gasteiger partial charge in [-0.05, 0) is 41.3 Å². The molecule has 1 amide bonds. The summed E-state index contributed by atoms with van der Waals surface area (Å²) < 4.78 is 37.9. The van der Waals surface area contributed by atoms with Gasteiger partial charge in [0.05, 0.1) is 25.4 Å². The second-order valence-corrected chi connectivity index (χ2v) is 11.3. The highest BCUT2D eigenvalue weighted by Gasteiger charge is 2.46. The van der Waals surface area contributed by atoms with Gasteiger partial charge in [-0.25, -0.2) is 8.42 Å². The first-order chi connectivity index (χ1) is 17.8. The molecule has 0 bridgehead atoms. The molecular formula is C28H30N2O6S. The molecular weight excluding hydrogens is 492 g/mol. The number of hydrogen-bond donors (Lipinski definition) is 3. The average Bonchev–Trinajstić information content (AvgIpc) is 3.25. The molecule has 0 radical (unpaired) electrons. The van der Waals surface area contributed by atoms with Crippen LogP contribution < -0.4 is 14.8 Å². The third-order valence-corrected chi connectivity index (χ3v) is 7.37. The largest absolute Gasteiger partial charge is 0.487 e. The quantitative estimate of drug-likeness (QED) is 0.418. The van der Waals surface area contributed by atoms with E-state index in [1.165, 1.54) is 0 Å². The van der Waals surface area contributed by atoms with Gasteiger partial charge in [0.2, 0.25) is 15.9 Å². The van der Waals surface area contributed by atoms with Crippen LogP contribution in [-0.4, -0.2) is 50.6 Å². The van der Waals surface area contributed by atoms with E-state index in [1.807, 2.05) is 42.5 Å². The monoisotopic (exact) mass is 522 g/mol. The first-order valence-corrected chi connectivity index (χ1v) is 14.1. The normalized spacial score (nSPS) is 22.4. The van der Waals surface area contributed by atoms with Gasteiger partial charge < -0.3 is 19.9 Å². The molecule has 1 saturated heterocycles. The van der Waals surface area contributed by atoms with Gasteiger partial charge in [-0.15, -0.1) is 0 Å². The molecule has 2 heterocycles. The van der Waals surface area contributed by atoms with Gasteiger partial charge in [-0.1, -0.05) is 54.6 Å². The van der Waals surface area contributed by atoms with Crippen LogP contribution >= 0.6 is 0 Å². The van der Waals surface area contributed by atoms with Crippen molar-refractivity contribution in [1.82, 2.24) is 5.32 Å². The summed E-state index contributed by atoms with van der Waals surface area (Å²) in [6.45, 7) is 0.165. The lowest BCUT2D eigenvalue weighted by molar-refractivity contribution is -0.142. The maximum Gasteiger partial charge on any atom is 0.229 e. The molecule has 1 fully saturated rings. The number of anilines is 1. The van der Waals surface area contributed by atoms with Crippen LogP contribution in [0.15, 0.2) is 72.8 Å². The van der Waals surface area contributed by atoms with Crippen LogP contribution in [0.3, 0.4) is 0 Å². The molecule has 0 spiro atoms. The molecule has 0 saturated carbocycles. The summed E-state index contributed by atoms with van der Waals surface area (Å²) in [5, 5.41) is 12.9. The van der Waals surface area contributed by atoms with Crippen molar-refractivity contribution in [2.75, 3.05) is 17.6 Å². The van der Waals surface area contributed by atoms with Crippen molar-refractivity contribution >= 4 is 21.6 Å². The zero-order chi connectivity index (χ0) is 26.0. The summed E-state index contributed by atoms with van der Waals surface area (Å²) >= 11 is 0. The van der Waals surface area contributed by atoms with Crippen LogP contribution in [0.1, 0.15) is 29.9 Å². The number of ether oxygens (including phenoxy) is 2. The van der Waals surface area contributed by atoms with E-state index < -0.39 is 28.3 Å². The van der Waals surface area contributed by atoms with Crippen molar-refractivity contribution in [3.63, 3.8) is 0 Å². The summed E-state index contributed by atoms with van der Waals surface area (Å²) in [5.41, 5.74) is 4.55. The SMILES string of the molecule is CS(=O)(=O)Nc1ccc2c(c1)[C@@H]1C[C@H](CC(=O)NCc3ccc(-c4ccccc4)cc3)O[C@H](CO)[C@@H]1O2. The number of carbonyl (C=O) groups excluding carboxylic acids is 1. The van der Waals surface area contributed by atoms with Gasteiger partial charge in [0, 0.05) is 23.7 Å². The van der Waals surface area contributed by atoms with Gasteiger partial charge in [0.25, 0.3) is 0 Å². The minimum Gasteiger partial charge on any atom is -0.487 e. The van der Waals surface area contributed by atoms with E-state index in [1.54, 1.807) is 18.2 Å². The number of amides is 1. The van der Waals surface area contributed by atoms with E-state index in [-0.39, 0.29) is 24.9 Å². The fourth-order valence-electron chi connectivity index (χ4n) is 5.09. The van der Waals surface area contributed by atoms with Gasteiger partial charge in [-0.2, -0.15) is 0 Å². The number of rotatable bonds is 8. The third-order valence-electron chi connectivity index (χ3n) is 6.77. The fraction of sp³-hybridized carbons (Fsp3) is 0.321.